The number of ether oxygens (including phenoxy) is 1. The predicted molar refractivity (Wildman–Crippen MR) is 130 cm³/mol. The van der Waals surface area contributed by atoms with Crippen LogP contribution in [0.3, 0.4) is 0 Å². The maximum Gasteiger partial charge on any atom is 0.261 e. The molecule has 2 aliphatic heterocycles. The summed E-state index contributed by atoms with van der Waals surface area (Å²) in [6.45, 7) is 7.99. The van der Waals surface area contributed by atoms with Gasteiger partial charge in [0.25, 0.3) is 17.7 Å². The number of morpholine rings is 1. The number of carbonyl (C=O) groups excluding carboxylic acids is 3. The number of hydrogen-bond donors (Lipinski definition) is 1. The zero-order valence-electron chi connectivity index (χ0n) is 19.2. The van der Waals surface area contributed by atoms with E-state index < -0.39 is 0 Å². The normalized spacial score (nSPS) is 17.3. The summed E-state index contributed by atoms with van der Waals surface area (Å²) in [6.07, 6.45) is 0.671. The number of benzene rings is 2. The Labute approximate surface area is 201 Å². The maximum atomic E-state index is 12.9. The van der Waals surface area contributed by atoms with Crippen LogP contribution in [-0.2, 0) is 11.3 Å². The second-order valence-electron chi connectivity index (χ2n) is 8.66. The summed E-state index contributed by atoms with van der Waals surface area (Å²) in [5, 5.41) is 3.34. The van der Waals surface area contributed by atoms with Crippen molar-refractivity contribution in [2.75, 3.05) is 31.6 Å². The van der Waals surface area contributed by atoms with Crippen LogP contribution in [0.2, 0.25) is 0 Å². The van der Waals surface area contributed by atoms with E-state index in [0.29, 0.717) is 22.7 Å². The molecule has 1 saturated heterocycles. The third kappa shape index (κ3) is 4.22. The van der Waals surface area contributed by atoms with Crippen molar-refractivity contribution in [2.24, 2.45) is 0 Å². The lowest BCUT2D eigenvalue weighted by Gasteiger charge is -2.26. The summed E-state index contributed by atoms with van der Waals surface area (Å²) >= 11 is 1.41. The van der Waals surface area contributed by atoms with E-state index in [4.69, 9.17) is 4.74 Å². The molecule has 0 saturated carbocycles. The van der Waals surface area contributed by atoms with E-state index in [1.165, 1.54) is 27.9 Å². The number of aromatic nitrogens is 1. The van der Waals surface area contributed by atoms with Gasteiger partial charge < -0.3 is 4.74 Å². The number of anilines is 1. The standard InChI is InChI=1S/C25H26N4O4S/c1-3-15(2)29-23(31)18-6-5-17(13-19(18)24(29)32)22(30)27-25-26-20-7-4-16(12-21(20)34-25)14-28-8-10-33-11-9-28/h4-7,12-13,15H,3,8-11,14H2,1-2H3,(H,26,27,30). The minimum atomic E-state index is -0.363. The molecular weight excluding hydrogens is 452 g/mol. The average Bonchev–Trinajstić information content (AvgIpc) is 3.36. The molecule has 0 spiro atoms. The van der Waals surface area contributed by atoms with Gasteiger partial charge in [0.1, 0.15) is 0 Å². The van der Waals surface area contributed by atoms with Gasteiger partial charge in [0.05, 0.1) is 34.6 Å². The third-order valence-electron chi connectivity index (χ3n) is 6.39. The number of nitrogens with zero attached hydrogens (tertiary/aromatic N) is 3. The van der Waals surface area contributed by atoms with E-state index in [1.807, 2.05) is 19.9 Å². The molecule has 9 heteroatoms. The summed E-state index contributed by atoms with van der Waals surface area (Å²) in [6, 6.07) is 10.6. The largest absolute Gasteiger partial charge is 0.379 e. The molecule has 1 N–H and O–H groups in total. The minimum Gasteiger partial charge on any atom is -0.379 e. The molecule has 3 amide bonds. The summed E-state index contributed by atoms with van der Waals surface area (Å²) in [5.41, 5.74) is 2.95. The molecule has 1 aromatic heterocycles. The zero-order chi connectivity index (χ0) is 23.8. The van der Waals surface area contributed by atoms with Gasteiger partial charge in [0, 0.05) is 31.2 Å². The molecule has 3 heterocycles. The molecular formula is C25H26N4O4S. The van der Waals surface area contributed by atoms with Crippen molar-refractivity contribution in [2.45, 2.75) is 32.9 Å². The fourth-order valence-corrected chi connectivity index (χ4v) is 5.22. The first kappa shape index (κ1) is 22.6. The lowest BCUT2D eigenvalue weighted by molar-refractivity contribution is 0.0342. The summed E-state index contributed by atoms with van der Waals surface area (Å²) in [4.78, 5) is 46.5. The van der Waals surface area contributed by atoms with Crippen LogP contribution in [0.25, 0.3) is 10.2 Å². The Morgan fingerprint density at radius 2 is 1.88 bits per heavy atom. The number of fused-ring (bicyclic) bond motifs is 2. The Balaban J connectivity index is 1.32. The molecule has 0 bridgehead atoms. The molecule has 0 radical (unpaired) electrons. The number of imide groups is 1. The molecule has 1 fully saturated rings. The fourth-order valence-electron chi connectivity index (χ4n) is 4.29. The van der Waals surface area contributed by atoms with E-state index in [-0.39, 0.29) is 29.3 Å². The van der Waals surface area contributed by atoms with Crippen molar-refractivity contribution in [1.29, 1.82) is 0 Å². The minimum absolute atomic E-state index is 0.194. The van der Waals surface area contributed by atoms with Crippen LogP contribution in [0.5, 0.6) is 0 Å². The van der Waals surface area contributed by atoms with Crippen LogP contribution >= 0.6 is 11.3 Å². The van der Waals surface area contributed by atoms with Crippen molar-refractivity contribution in [1.82, 2.24) is 14.8 Å². The molecule has 1 atom stereocenters. The van der Waals surface area contributed by atoms with Gasteiger partial charge in [-0.05, 0) is 49.2 Å². The van der Waals surface area contributed by atoms with Gasteiger partial charge in [-0.2, -0.15) is 0 Å². The van der Waals surface area contributed by atoms with Crippen LogP contribution < -0.4 is 5.32 Å². The fraction of sp³-hybridized carbons (Fsp3) is 0.360. The SMILES string of the molecule is CCC(C)N1C(=O)c2ccc(C(=O)Nc3nc4ccc(CN5CCOCC5)cc4s3)cc2C1=O. The lowest BCUT2D eigenvalue weighted by Crippen LogP contribution is -2.37. The second kappa shape index (κ2) is 9.25. The molecule has 1 unspecified atom stereocenters. The lowest BCUT2D eigenvalue weighted by atomic mass is 10.1. The van der Waals surface area contributed by atoms with Gasteiger partial charge >= 0.3 is 0 Å². The molecule has 2 aromatic carbocycles. The van der Waals surface area contributed by atoms with Crippen molar-refractivity contribution in [3.05, 3.63) is 58.7 Å². The number of nitrogens with one attached hydrogen (secondary N) is 1. The first-order chi connectivity index (χ1) is 16.4. The van der Waals surface area contributed by atoms with Gasteiger partial charge in [-0.25, -0.2) is 4.98 Å². The van der Waals surface area contributed by atoms with Crippen LogP contribution in [0.1, 0.15) is 56.9 Å². The molecule has 34 heavy (non-hydrogen) atoms. The quantitative estimate of drug-likeness (QED) is 0.542. The van der Waals surface area contributed by atoms with E-state index in [1.54, 1.807) is 12.1 Å². The van der Waals surface area contributed by atoms with E-state index in [9.17, 15) is 14.4 Å². The van der Waals surface area contributed by atoms with Crippen molar-refractivity contribution >= 4 is 44.4 Å². The van der Waals surface area contributed by atoms with Gasteiger partial charge in [-0.3, -0.25) is 29.5 Å². The number of hydrogen-bond acceptors (Lipinski definition) is 7. The van der Waals surface area contributed by atoms with Crippen LogP contribution in [0.15, 0.2) is 36.4 Å². The Morgan fingerprint density at radius 3 is 2.65 bits per heavy atom. The highest BCUT2D eigenvalue weighted by Gasteiger charge is 2.38. The Morgan fingerprint density at radius 1 is 1.12 bits per heavy atom. The highest BCUT2D eigenvalue weighted by atomic mass is 32.1. The average molecular weight is 479 g/mol. The van der Waals surface area contributed by atoms with Gasteiger partial charge in [-0.1, -0.05) is 24.3 Å². The highest BCUT2D eigenvalue weighted by molar-refractivity contribution is 7.22. The van der Waals surface area contributed by atoms with Crippen LogP contribution in [0.4, 0.5) is 5.13 Å². The molecule has 8 nitrogen and oxygen atoms in total. The number of amides is 3. The second-order valence-corrected chi connectivity index (χ2v) is 9.69. The first-order valence-corrected chi connectivity index (χ1v) is 12.3. The smallest absolute Gasteiger partial charge is 0.261 e. The molecule has 2 aliphatic rings. The van der Waals surface area contributed by atoms with Gasteiger partial charge in [-0.15, -0.1) is 0 Å². The van der Waals surface area contributed by atoms with E-state index in [0.717, 1.165) is 43.1 Å². The van der Waals surface area contributed by atoms with Gasteiger partial charge in [0.15, 0.2) is 5.13 Å². The number of rotatable bonds is 6. The maximum absolute atomic E-state index is 12.9. The third-order valence-corrected chi connectivity index (χ3v) is 7.33. The number of carbonyl (C=O) groups is 3. The number of thiazole rings is 1. The van der Waals surface area contributed by atoms with E-state index in [2.05, 4.69) is 27.3 Å². The van der Waals surface area contributed by atoms with Crippen molar-refractivity contribution in [3.8, 4) is 0 Å². The van der Waals surface area contributed by atoms with Crippen molar-refractivity contribution < 1.29 is 19.1 Å². The zero-order valence-corrected chi connectivity index (χ0v) is 20.0. The summed E-state index contributed by atoms with van der Waals surface area (Å²) in [7, 11) is 0. The monoisotopic (exact) mass is 478 g/mol. The van der Waals surface area contributed by atoms with Gasteiger partial charge in [0.2, 0.25) is 0 Å². The Bertz CT molecular complexity index is 1280. The van der Waals surface area contributed by atoms with Crippen LogP contribution in [0, 0.1) is 0 Å². The Kier molecular flexibility index (Phi) is 6.16. The molecule has 5 rings (SSSR count). The van der Waals surface area contributed by atoms with E-state index >= 15 is 0 Å². The topological polar surface area (TPSA) is 91.8 Å². The molecule has 176 valence electrons. The van der Waals surface area contributed by atoms with Crippen LogP contribution in [-0.4, -0.2) is 64.9 Å². The first-order valence-electron chi connectivity index (χ1n) is 11.5. The predicted octanol–water partition coefficient (Wildman–Crippen LogP) is 3.78. The highest BCUT2D eigenvalue weighted by Crippen LogP contribution is 2.29. The summed E-state index contributed by atoms with van der Waals surface area (Å²) < 4.78 is 6.41. The molecule has 0 aliphatic carbocycles. The van der Waals surface area contributed by atoms with Crippen molar-refractivity contribution in [3.63, 3.8) is 0 Å². The Hall–Kier alpha value is -3.14. The summed E-state index contributed by atoms with van der Waals surface area (Å²) in [5.74, 6) is -1.02. The molecule has 3 aromatic rings.